The van der Waals surface area contributed by atoms with Crippen molar-refractivity contribution in [1.82, 2.24) is 19.7 Å². The highest BCUT2D eigenvalue weighted by Crippen LogP contribution is 2.33. The molecule has 6 nitrogen and oxygen atoms in total. The summed E-state index contributed by atoms with van der Waals surface area (Å²) in [5.41, 5.74) is 1.18. The highest BCUT2D eigenvalue weighted by Gasteiger charge is 2.15. The summed E-state index contributed by atoms with van der Waals surface area (Å²) in [6.07, 6.45) is 3.27. The fourth-order valence-electron chi connectivity index (χ4n) is 1.73. The van der Waals surface area contributed by atoms with Crippen LogP contribution in [0.3, 0.4) is 0 Å². The molecule has 0 atom stereocenters. The van der Waals surface area contributed by atoms with Crippen molar-refractivity contribution >= 4 is 28.1 Å². The first kappa shape index (κ1) is 13.9. The highest BCUT2D eigenvalue weighted by molar-refractivity contribution is 8.00. The van der Waals surface area contributed by atoms with Gasteiger partial charge < -0.3 is 4.57 Å². The zero-order valence-electron chi connectivity index (χ0n) is 11.2. The average molecular weight is 318 g/mol. The SMILES string of the molecule is C[N+](=O)c1cnc(Sc2nncn2Cc2ccccc2)s1. The van der Waals surface area contributed by atoms with E-state index < -0.39 is 0 Å². The van der Waals surface area contributed by atoms with Crippen molar-refractivity contribution in [2.24, 2.45) is 0 Å². The molecule has 0 saturated heterocycles. The molecular weight excluding hydrogens is 306 g/mol. The van der Waals surface area contributed by atoms with Crippen LogP contribution in [0.15, 0.2) is 52.4 Å². The van der Waals surface area contributed by atoms with Crippen LogP contribution < -0.4 is 0 Å². The van der Waals surface area contributed by atoms with E-state index in [1.807, 2.05) is 22.8 Å². The molecule has 0 unspecified atom stereocenters. The van der Waals surface area contributed by atoms with Crippen molar-refractivity contribution in [3.8, 4) is 0 Å². The van der Waals surface area contributed by atoms with Crippen LogP contribution in [0.2, 0.25) is 0 Å². The number of hydrogen-bond acceptors (Lipinski definition) is 6. The van der Waals surface area contributed by atoms with Gasteiger partial charge in [-0.05, 0) is 28.7 Å². The molecule has 2 aromatic heterocycles. The molecule has 0 aliphatic heterocycles. The van der Waals surface area contributed by atoms with E-state index in [0.29, 0.717) is 11.5 Å². The molecule has 21 heavy (non-hydrogen) atoms. The Labute approximate surface area is 129 Å². The van der Waals surface area contributed by atoms with Crippen molar-refractivity contribution < 1.29 is 4.76 Å². The molecule has 106 valence electrons. The fourth-order valence-corrected chi connectivity index (χ4v) is 3.48. The fraction of sp³-hybridized carbons (Fsp3) is 0.154. The lowest BCUT2D eigenvalue weighted by Gasteiger charge is -2.04. The zero-order valence-corrected chi connectivity index (χ0v) is 12.8. The van der Waals surface area contributed by atoms with Gasteiger partial charge in [-0.3, -0.25) is 0 Å². The van der Waals surface area contributed by atoms with Crippen molar-refractivity contribution in [2.45, 2.75) is 16.0 Å². The molecule has 0 saturated carbocycles. The van der Waals surface area contributed by atoms with Crippen LogP contribution in [-0.4, -0.2) is 31.6 Å². The van der Waals surface area contributed by atoms with Gasteiger partial charge in [0, 0.05) is 9.67 Å². The zero-order chi connectivity index (χ0) is 14.7. The lowest BCUT2D eigenvalue weighted by molar-refractivity contribution is -0.424. The number of aromatic nitrogens is 4. The lowest BCUT2D eigenvalue weighted by atomic mass is 10.2. The van der Waals surface area contributed by atoms with E-state index in [1.165, 1.54) is 35.7 Å². The van der Waals surface area contributed by atoms with Crippen LogP contribution in [-0.2, 0) is 6.54 Å². The van der Waals surface area contributed by atoms with Crippen LogP contribution in [0.25, 0.3) is 0 Å². The van der Waals surface area contributed by atoms with Gasteiger partial charge in [0.15, 0.2) is 16.5 Å². The van der Waals surface area contributed by atoms with Gasteiger partial charge in [-0.25, -0.2) is 4.98 Å². The second-order valence-corrected chi connectivity index (χ2v) is 6.51. The molecule has 3 aromatic rings. The van der Waals surface area contributed by atoms with E-state index in [9.17, 15) is 4.91 Å². The number of hydrogen-bond donors (Lipinski definition) is 0. The second-order valence-electron chi connectivity index (χ2n) is 4.29. The second kappa shape index (κ2) is 6.15. The van der Waals surface area contributed by atoms with E-state index in [0.717, 1.165) is 14.3 Å². The summed E-state index contributed by atoms with van der Waals surface area (Å²) in [4.78, 5) is 15.4. The van der Waals surface area contributed by atoms with Gasteiger partial charge in [-0.1, -0.05) is 30.3 Å². The Morgan fingerprint density at radius 3 is 2.86 bits per heavy atom. The predicted octanol–water partition coefficient (Wildman–Crippen LogP) is 2.97. The van der Waals surface area contributed by atoms with Crippen LogP contribution in [0.5, 0.6) is 0 Å². The normalized spacial score (nSPS) is 10.7. The third kappa shape index (κ3) is 3.34. The van der Waals surface area contributed by atoms with Gasteiger partial charge in [-0.15, -0.1) is 10.2 Å². The summed E-state index contributed by atoms with van der Waals surface area (Å²) in [7, 11) is 1.46. The smallest absolute Gasteiger partial charge is 0.304 e. The summed E-state index contributed by atoms with van der Waals surface area (Å²) in [6, 6.07) is 10.1. The Morgan fingerprint density at radius 1 is 1.33 bits per heavy atom. The average Bonchev–Trinajstić information content (AvgIpc) is 3.11. The Kier molecular flexibility index (Phi) is 4.07. The minimum absolute atomic E-state index is 0.576. The molecule has 0 aliphatic rings. The predicted molar refractivity (Wildman–Crippen MR) is 81.0 cm³/mol. The largest absolute Gasteiger partial charge is 0.331 e. The minimum atomic E-state index is 0.576. The molecule has 8 heteroatoms. The van der Waals surface area contributed by atoms with E-state index in [2.05, 4.69) is 27.3 Å². The van der Waals surface area contributed by atoms with Gasteiger partial charge in [0.05, 0.1) is 6.54 Å². The number of nitroso groups, excluding NO2 is 1. The van der Waals surface area contributed by atoms with Crippen LogP contribution >= 0.6 is 23.1 Å². The Balaban J connectivity index is 1.77. The molecule has 1 aromatic carbocycles. The molecule has 0 bridgehead atoms. The third-order valence-corrected chi connectivity index (χ3v) is 4.87. The molecular formula is C13H12N5OS2+. The van der Waals surface area contributed by atoms with Gasteiger partial charge in [0.1, 0.15) is 12.5 Å². The monoisotopic (exact) mass is 318 g/mol. The summed E-state index contributed by atoms with van der Waals surface area (Å²) in [5, 5.41) is 9.40. The van der Waals surface area contributed by atoms with Gasteiger partial charge in [-0.2, -0.15) is 0 Å². The number of benzene rings is 1. The summed E-state index contributed by atoms with van der Waals surface area (Å²) >= 11 is 2.75. The standard InChI is InChI=1S/C13H12N5OS2/c1-17(19)11-7-14-13(20-11)21-12-16-15-9-18(12)8-10-5-3-2-4-6-10/h2-7,9H,8H2,1H3/q+1. The van der Waals surface area contributed by atoms with E-state index in [-0.39, 0.29) is 0 Å². The quantitative estimate of drug-likeness (QED) is 0.677. The lowest BCUT2D eigenvalue weighted by Crippen LogP contribution is -1.99. The molecule has 3 rings (SSSR count). The van der Waals surface area contributed by atoms with Crippen molar-refractivity contribution in [3.05, 3.63) is 53.3 Å². The van der Waals surface area contributed by atoms with E-state index in [4.69, 9.17) is 0 Å². The highest BCUT2D eigenvalue weighted by atomic mass is 32.2. The van der Waals surface area contributed by atoms with Crippen LogP contribution in [0, 0.1) is 4.91 Å². The first-order valence-corrected chi connectivity index (χ1v) is 7.82. The number of thiazole rings is 1. The van der Waals surface area contributed by atoms with Gasteiger partial charge in [0.25, 0.3) is 0 Å². The van der Waals surface area contributed by atoms with Gasteiger partial charge in [0.2, 0.25) is 0 Å². The summed E-state index contributed by atoms with van der Waals surface area (Å²) < 4.78 is 3.54. The molecule has 0 aliphatic carbocycles. The number of rotatable bonds is 5. The Hall–Kier alpha value is -2.06. The van der Waals surface area contributed by atoms with Crippen LogP contribution in [0.1, 0.15) is 5.56 Å². The minimum Gasteiger partial charge on any atom is -0.304 e. The van der Waals surface area contributed by atoms with E-state index >= 15 is 0 Å². The van der Waals surface area contributed by atoms with E-state index in [1.54, 1.807) is 12.5 Å². The molecule has 2 heterocycles. The summed E-state index contributed by atoms with van der Waals surface area (Å²) in [5.74, 6) is 0. The van der Waals surface area contributed by atoms with Crippen molar-refractivity contribution in [2.75, 3.05) is 7.05 Å². The maximum atomic E-state index is 11.2. The molecule has 0 amide bonds. The first-order valence-electron chi connectivity index (χ1n) is 6.18. The maximum absolute atomic E-state index is 11.2. The van der Waals surface area contributed by atoms with Gasteiger partial charge >= 0.3 is 5.00 Å². The van der Waals surface area contributed by atoms with Crippen molar-refractivity contribution in [3.63, 3.8) is 0 Å². The Morgan fingerprint density at radius 2 is 2.14 bits per heavy atom. The topological polar surface area (TPSA) is 63.7 Å². The Bertz CT molecular complexity index is 753. The summed E-state index contributed by atoms with van der Waals surface area (Å²) in [6.45, 7) is 0.704. The molecule has 0 fully saturated rings. The maximum Gasteiger partial charge on any atom is 0.331 e. The third-order valence-electron chi connectivity index (χ3n) is 2.74. The van der Waals surface area contributed by atoms with Crippen molar-refractivity contribution in [1.29, 1.82) is 0 Å². The first-order chi connectivity index (χ1) is 10.2. The molecule has 0 spiro atoms. The van der Waals surface area contributed by atoms with Crippen LogP contribution in [0.4, 0.5) is 5.00 Å². The molecule has 0 radical (unpaired) electrons. The molecule has 0 N–H and O–H groups in total. The number of nitrogens with zero attached hydrogens (tertiary/aromatic N) is 5.